The van der Waals surface area contributed by atoms with Crippen molar-refractivity contribution in [3.05, 3.63) is 0 Å². The molecule has 0 saturated carbocycles. The van der Waals surface area contributed by atoms with Gasteiger partial charge >= 0.3 is 12.1 Å². The van der Waals surface area contributed by atoms with Gasteiger partial charge in [0.25, 0.3) is 0 Å². The predicted molar refractivity (Wildman–Crippen MR) is 38.2 cm³/mol. The molecule has 2 atom stereocenters. The topological polar surface area (TPSA) is 49.3 Å². The Morgan fingerprint density at radius 2 is 2.08 bits per heavy atom. The highest BCUT2D eigenvalue weighted by atomic mass is 19.4. The highest BCUT2D eigenvalue weighted by Gasteiger charge is 2.48. The van der Waals surface area contributed by atoms with E-state index in [0.717, 1.165) is 0 Å². The zero-order valence-corrected chi connectivity index (χ0v) is 6.77. The summed E-state index contributed by atoms with van der Waals surface area (Å²) in [4.78, 5) is 10.5. The first kappa shape index (κ1) is 10.3. The maximum atomic E-state index is 12.3. The molecule has 0 amide bonds. The number of aliphatic carboxylic acids is 1. The third kappa shape index (κ3) is 2.33. The number of piperidine rings is 1. The summed E-state index contributed by atoms with van der Waals surface area (Å²) >= 11 is 0. The van der Waals surface area contributed by atoms with E-state index in [1.54, 1.807) is 0 Å². The van der Waals surface area contributed by atoms with Crippen LogP contribution in [0.1, 0.15) is 6.42 Å². The van der Waals surface area contributed by atoms with Crippen molar-refractivity contribution in [2.45, 2.75) is 12.6 Å². The van der Waals surface area contributed by atoms with E-state index in [9.17, 15) is 18.0 Å². The lowest BCUT2D eigenvalue weighted by Crippen LogP contribution is -2.46. The monoisotopic (exact) mass is 197 g/mol. The van der Waals surface area contributed by atoms with Crippen LogP contribution in [0.25, 0.3) is 0 Å². The Morgan fingerprint density at radius 3 is 2.46 bits per heavy atom. The molecule has 1 aliphatic heterocycles. The number of halogens is 3. The Hall–Kier alpha value is -0.780. The van der Waals surface area contributed by atoms with E-state index in [1.807, 2.05) is 0 Å². The molecule has 0 bridgehead atoms. The summed E-state index contributed by atoms with van der Waals surface area (Å²) in [5, 5.41) is 11.2. The average molecular weight is 197 g/mol. The minimum absolute atomic E-state index is 0.0977. The predicted octanol–water partition coefficient (Wildman–Crippen LogP) is 0.859. The minimum Gasteiger partial charge on any atom is -0.481 e. The van der Waals surface area contributed by atoms with Crippen LogP contribution in [0.3, 0.4) is 0 Å². The molecule has 0 aromatic heterocycles. The third-order valence-corrected chi connectivity index (χ3v) is 2.22. The molecule has 2 unspecified atom stereocenters. The molecule has 0 spiro atoms. The largest absolute Gasteiger partial charge is 0.481 e. The molecule has 76 valence electrons. The summed E-state index contributed by atoms with van der Waals surface area (Å²) < 4.78 is 36.8. The average Bonchev–Trinajstić information content (AvgIpc) is 2.03. The van der Waals surface area contributed by atoms with Crippen molar-refractivity contribution in [3.8, 4) is 0 Å². The zero-order chi connectivity index (χ0) is 10.1. The molecular formula is C7H10F3NO2. The number of hydrogen-bond donors (Lipinski definition) is 2. The molecular weight excluding hydrogens is 187 g/mol. The van der Waals surface area contributed by atoms with Gasteiger partial charge in [-0.1, -0.05) is 0 Å². The van der Waals surface area contributed by atoms with Crippen LogP contribution in [0.4, 0.5) is 13.2 Å². The normalized spacial score (nSPS) is 30.1. The van der Waals surface area contributed by atoms with Crippen LogP contribution in [0.15, 0.2) is 0 Å². The van der Waals surface area contributed by atoms with Gasteiger partial charge in [0, 0.05) is 6.54 Å². The van der Waals surface area contributed by atoms with Gasteiger partial charge < -0.3 is 10.4 Å². The molecule has 0 aliphatic carbocycles. The maximum Gasteiger partial charge on any atom is 0.392 e. The Kier molecular flexibility index (Phi) is 2.80. The van der Waals surface area contributed by atoms with Crippen molar-refractivity contribution in [2.24, 2.45) is 11.8 Å². The van der Waals surface area contributed by atoms with E-state index in [-0.39, 0.29) is 19.5 Å². The lowest BCUT2D eigenvalue weighted by molar-refractivity contribution is -0.201. The van der Waals surface area contributed by atoms with E-state index >= 15 is 0 Å². The van der Waals surface area contributed by atoms with Crippen molar-refractivity contribution in [1.82, 2.24) is 5.32 Å². The number of carbonyl (C=O) groups is 1. The number of alkyl halides is 3. The smallest absolute Gasteiger partial charge is 0.392 e. The molecule has 1 saturated heterocycles. The molecule has 13 heavy (non-hydrogen) atoms. The van der Waals surface area contributed by atoms with Crippen LogP contribution >= 0.6 is 0 Å². The number of nitrogens with one attached hydrogen (secondary N) is 1. The van der Waals surface area contributed by atoms with Crippen LogP contribution < -0.4 is 5.32 Å². The fraction of sp³-hybridized carbons (Fsp3) is 0.857. The van der Waals surface area contributed by atoms with Gasteiger partial charge in [0.1, 0.15) is 0 Å². The quantitative estimate of drug-likeness (QED) is 0.655. The molecule has 2 N–H and O–H groups in total. The Morgan fingerprint density at radius 1 is 1.46 bits per heavy atom. The summed E-state index contributed by atoms with van der Waals surface area (Å²) in [5.41, 5.74) is 0. The number of hydrogen-bond acceptors (Lipinski definition) is 2. The van der Waals surface area contributed by atoms with E-state index in [0.29, 0.717) is 0 Å². The van der Waals surface area contributed by atoms with Gasteiger partial charge in [0.2, 0.25) is 0 Å². The second-order valence-corrected chi connectivity index (χ2v) is 3.09. The molecule has 1 heterocycles. The van der Waals surface area contributed by atoms with Crippen molar-refractivity contribution in [2.75, 3.05) is 13.1 Å². The van der Waals surface area contributed by atoms with Gasteiger partial charge in [-0.3, -0.25) is 4.79 Å². The van der Waals surface area contributed by atoms with E-state index in [2.05, 4.69) is 5.32 Å². The molecule has 0 aromatic carbocycles. The van der Waals surface area contributed by atoms with Crippen molar-refractivity contribution < 1.29 is 23.1 Å². The van der Waals surface area contributed by atoms with Gasteiger partial charge in [0.15, 0.2) is 0 Å². The Labute approximate surface area is 72.9 Å². The Balaban J connectivity index is 2.73. The van der Waals surface area contributed by atoms with Crippen molar-refractivity contribution in [3.63, 3.8) is 0 Å². The van der Waals surface area contributed by atoms with Crippen LogP contribution in [0, 0.1) is 11.8 Å². The first-order valence-corrected chi connectivity index (χ1v) is 3.93. The summed E-state index contributed by atoms with van der Waals surface area (Å²) in [7, 11) is 0. The molecule has 0 aromatic rings. The zero-order valence-electron chi connectivity index (χ0n) is 6.77. The van der Waals surface area contributed by atoms with E-state index in [4.69, 9.17) is 5.11 Å². The summed E-state index contributed by atoms with van der Waals surface area (Å²) in [6.07, 6.45) is -4.55. The lowest BCUT2D eigenvalue weighted by atomic mass is 9.86. The van der Waals surface area contributed by atoms with E-state index < -0.39 is 24.0 Å². The molecule has 1 rings (SSSR count). The highest BCUT2D eigenvalue weighted by Crippen LogP contribution is 2.35. The van der Waals surface area contributed by atoms with Crippen LogP contribution in [0.5, 0.6) is 0 Å². The van der Waals surface area contributed by atoms with Crippen LogP contribution in [-0.2, 0) is 4.79 Å². The first-order valence-electron chi connectivity index (χ1n) is 3.93. The molecule has 0 radical (unpaired) electrons. The molecule has 3 nitrogen and oxygen atoms in total. The lowest BCUT2D eigenvalue weighted by Gasteiger charge is -2.30. The summed E-state index contributed by atoms with van der Waals surface area (Å²) in [6, 6.07) is 0. The SMILES string of the molecule is O=C(O)C1CNCCC1C(F)(F)F. The number of carboxylic acid groups (broad SMARTS) is 1. The standard InChI is InChI=1S/C7H10F3NO2/c8-7(9,10)5-1-2-11-3-4(5)6(12)13/h4-5,11H,1-3H2,(H,12,13). The van der Waals surface area contributed by atoms with Gasteiger partial charge in [-0.2, -0.15) is 13.2 Å². The van der Waals surface area contributed by atoms with Crippen molar-refractivity contribution in [1.29, 1.82) is 0 Å². The molecule has 6 heteroatoms. The first-order chi connectivity index (χ1) is 5.93. The van der Waals surface area contributed by atoms with Gasteiger partial charge in [0.05, 0.1) is 11.8 Å². The van der Waals surface area contributed by atoms with E-state index in [1.165, 1.54) is 0 Å². The van der Waals surface area contributed by atoms with Crippen LogP contribution in [0.2, 0.25) is 0 Å². The van der Waals surface area contributed by atoms with Gasteiger partial charge in [-0.05, 0) is 13.0 Å². The second kappa shape index (κ2) is 3.53. The third-order valence-electron chi connectivity index (χ3n) is 2.22. The summed E-state index contributed by atoms with van der Waals surface area (Å²) in [5.74, 6) is -4.42. The highest BCUT2D eigenvalue weighted by molar-refractivity contribution is 5.71. The number of rotatable bonds is 1. The summed E-state index contributed by atoms with van der Waals surface area (Å²) in [6.45, 7) is 0.132. The van der Waals surface area contributed by atoms with Gasteiger partial charge in [-0.25, -0.2) is 0 Å². The van der Waals surface area contributed by atoms with Crippen molar-refractivity contribution >= 4 is 5.97 Å². The van der Waals surface area contributed by atoms with Crippen LogP contribution in [-0.4, -0.2) is 30.3 Å². The fourth-order valence-electron chi connectivity index (χ4n) is 1.51. The van der Waals surface area contributed by atoms with Gasteiger partial charge in [-0.15, -0.1) is 0 Å². The maximum absolute atomic E-state index is 12.3. The molecule has 1 aliphatic rings. The molecule has 1 fully saturated rings. The fourth-order valence-corrected chi connectivity index (χ4v) is 1.51. The Bertz CT molecular complexity index is 204. The number of carboxylic acids is 1. The second-order valence-electron chi connectivity index (χ2n) is 3.09. The minimum atomic E-state index is -4.40.